The number of allylic oxidation sites excluding steroid dienone is 1. The quantitative estimate of drug-likeness (QED) is 0.572. The van der Waals surface area contributed by atoms with Crippen LogP contribution in [0.25, 0.3) is 0 Å². The van der Waals surface area contributed by atoms with E-state index in [0.29, 0.717) is 0 Å². The lowest BCUT2D eigenvalue weighted by Gasteiger charge is -2.36. The molecule has 0 aliphatic heterocycles. The van der Waals surface area contributed by atoms with Crippen LogP contribution in [-0.2, 0) is 0 Å². The molecule has 0 unspecified atom stereocenters. The first kappa shape index (κ1) is 6.81. The van der Waals surface area contributed by atoms with Crippen LogP contribution in [0.3, 0.4) is 0 Å². The van der Waals surface area contributed by atoms with Crippen LogP contribution in [0.4, 0.5) is 0 Å². The third-order valence-corrected chi connectivity index (χ3v) is 2.10. The molecule has 1 heteroatoms. The third kappa shape index (κ3) is 1.55. The Kier molecular flexibility index (Phi) is 1.91. The van der Waals surface area contributed by atoms with E-state index in [4.69, 9.17) is 0 Å². The number of aliphatic hydroxyl groups is 1. The molecule has 1 saturated carbocycles. The van der Waals surface area contributed by atoms with Crippen LogP contribution in [0.2, 0.25) is 0 Å². The van der Waals surface area contributed by atoms with Gasteiger partial charge in [-0.1, -0.05) is 6.08 Å². The van der Waals surface area contributed by atoms with Crippen molar-refractivity contribution >= 4 is 0 Å². The second kappa shape index (κ2) is 2.53. The van der Waals surface area contributed by atoms with Crippen LogP contribution >= 0.6 is 0 Å². The highest BCUT2D eigenvalue weighted by atomic mass is 16.3. The Hall–Kier alpha value is -0.300. The van der Waals surface area contributed by atoms with Crippen molar-refractivity contribution < 1.29 is 5.11 Å². The molecule has 0 amide bonds. The topological polar surface area (TPSA) is 20.2 Å². The molecular formula is C8H14O. The summed E-state index contributed by atoms with van der Waals surface area (Å²) in [5, 5.41) is 9.49. The minimum absolute atomic E-state index is 0.297. The largest absolute Gasteiger partial charge is 0.390 e. The molecule has 1 aliphatic rings. The molecule has 0 aromatic carbocycles. The average Bonchev–Trinajstić information content (AvgIpc) is 1.79. The van der Waals surface area contributed by atoms with Gasteiger partial charge in [-0.3, -0.25) is 0 Å². The van der Waals surface area contributed by atoms with Crippen molar-refractivity contribution in [3.63, 3.8) is 0 Å². The van der Waals surface area contributed by atoms with Gasteiger partial charge >= 0.3 is 0 Å². The first-order chi connectivity index (χ1) is 4.27. The lowest BCUT2D eigenvalue weighted by atomic mass is 9.77. The maximum Gasteiger partial charge on any atom is 0.0650 e. The van der Waals surface area contributed by atoms with Crippen molar-refractivity contribution in [1.82, 2.24) is 0 Å². The summed E-state index contributed by atoms with van der Waals surface area (Å²) in [6.45, 7) is 3.61. The van der Waals surface area contributed by atoms with E-state index in [1.807, 2.05) is 6.08 Å². The highest BCUT2D eigenvalue weighted by Gasteiger charge is 2.32. The first-order valence-corrected chi connectivity index (χ1v) is 3.60. The summed E-state index contributed by atoms with van der Waals surface area (Å²) in [7, 11) is 0. The fourth-order valence-electron chi connectivity index (χ4n) is 1.21. The minimum atomic E-state index is -0.297. The van der Waals surface area contributed by atoms with Crippen molar-refractivity contribution in [3.8, 4) is 0 Å². The zero-order chi connectivity index (χ0) is 6.74. The smallest absolute Gasteiger partial charge is 0.0650 e. The Morgan fingerprint density at radius 3 is 2.56 bits per heavy atom. The van der Waals surface area contributed by atoms with Crippen LogP contribution < -0.4 is 0 Å². The molecule has 1 fully saturated rings. The van der Waals surface area contributed by atoms with Crippen LogP contribution in [-0.4, -0.2) is 10.7 Å². The first-order valence-electron chi connectivity index (χ1n) is 3.60. The number of rotatable bonds is 3. The molecule has 1 nitrogen and oxygen atoms in total. The Bertz CT molecular complexity index is 103. The maximum atomic E-state index is 9.49. The van der Waals surface area contributed by atoms with Gasteiger partial charge in [0.15, 0.2) is 0 Å². The van der Waals surface area contributed by atoms with E-state index in [1.165, 1.54) is 6.42 Å². The van der Waals surface area contributed by atoms with E-state index in [0.717, 1.165) is 25.7 Å². The fraction of sp³-hybridized carbons (Fsp3) is 0.750. The van der Waals surface area contributed by atoms with Gasteiger partial charge in [0.25, 0.3) is 0 Å². The van der Waals surface area contributed by atoms with Gasteiger partial charge in [0.05, 0.1) is 5.60 Å². The van der Waals surface area contributed by atoms with E-state index >= 15 is 0 Å². The van der Waals surface area contributed by atoms with Gasteiger partial charge in [-0.05, 0) is 32.1 Å². The summed E-state index contributed by atoms with van der Waals surface area (Å²) in [4.78, 5) is 0. The van der Waals surface area contributed by atoms with Gasteiger partial charge in [-0.15, -0.1) is 6.58 Å². The summed E-state index contributed by atoms with van der Waals surface area (Å²) in [6, 6.07) is 0. The van der Waals surface area contributed by atoms with E-state index in [1.54, 1.807) is 0 Å². The molecule has 0 saturated heterocycles. The summed E-state index contributed by atoms with van der Waals surface area (Å²) < 4.78 is 0. The van der Waals surface area contributed by atoms with E-state index < -0.39 is 0 Å². The van der Waals surface area contributed by atoms with Gasteiger partial charge in [-0.25, -0.2) is 0 Å². The Labute approximate surface area is 56.4 Å². The van der Waals surface area contributed by atoms with E-state index in [9.17, 15) is 5.11 Å². The molecule has 1 aliphatic carbocycles. The van der Waals surface area contributed by atoms with Crippen LogP contribution in [0, 0.1) is 0 Å². The van der Waals surface area contributed by atoms with Gasteiger partial charge in [0.1, 0.15) is 0 Å². The molecule has 0 heterocycles. The lowest BCUT2D eigenvalue weighted by molar-refractivity contribution is -0.0392. The Balaban J connectivity index is 2.16. The van der Waals surface area contributed by atoms with Gasteiger partial charge in [0.2, 0.25) is 0 Å². The van der Waals surface area contributed by atoms with Crippen molar-refractivity contribution in [3.05, 3.63) is 12.7 Å². The number of hydrogen-bond donors (Lipinski definition) is 1. The van der Waals surface area contributed by atoms with Gasteiger partial charge < -0.3 is 5.11 Å². The number of hydrogen-bond acceptors (Lipinski definition) is 1. The monoisotopic (exact) mass is 126 g/mol. The van der Waals surface area contributed by atoms with E-state index in [2.05, 4.69) is 6.58 Å². The molecule has 0 bridgehead atoms. The second-order valence-corrected chi connectivity index (χ2v) is 2.91. The van der Waals surface area contributed by atoms with Crippen LogP contribution in [0.15, 0.2) is 12.7 Å². The molecule has 9 heavy (non-hydrogen) atoms. The fourth-order valence-corrected chi connectivity index (χ4v) is 1.21. The molecule has 0 aromatic rings. The summed E-state index contributed by atoms with van der Waals surface area (Å²) >= 11 is 0. The average molecular weight is 126 g/mol. The minimum Gasteiger partial charge on any atom is -0.390 e. The van der Waals surface area contributed by atoms with E-state index in [-0.39, 0.29) is 5.60 Å². The highest BCUT2D eigenvalue weighted by molar-refractivity contribution is 4.89. The molecule has 1 rings (SSSR count). The van der Waals surface area contributed by atoms with Gasteiger partial charge in [0, 0.05) is 0 Å². The van der Waals surface area contributed by atoms with Crippen LogP contribution in [0.1, 0.15) is 32.1 Å². The van der Waals surface area contributed by atoms with Crippen molar-refractivity contribution in [2.45, 2.75) is 37.7 Å². The lowest BCUT2D eigenvalue weighted by Crippen LogP contribution is -2.36. The summed E-state index contributed by atoms with van der Waals surface area (Å²) in [5.41, 5.74) is -0.297. The molecule has 0 radical (unpaired) electrons. The summed E-state index contributed by atoms with van der Waals surface area (Å²) in [5.74, 6) is 0. The zero-order valence-corrected chi connectivity index (χ0v) is 5.77. The third-order valence-electron chi connectivity index (χ3n) is 2.10. The zero-order valence-electron chi connectivity index (χ0n) is 5.77. The second-order valence-electron chi connectivity index (χ2n) is 2.91. The van der Waals surface area contributed by atoms with Crippen molar-refractivity contribution in [2.75, 3.05) is 0 Å². The van der Waals surface area contributed by atoms with Crippen molar-refractivity contribution in [2.24, 2.45) is 0 Å². The molecule has 52 valence electrons. The van der Waals surface area contributed by atoms with Gasteiger partial charge in [-0.2, -0.15) is 0 Å². The van der Waals surface area contributed by atoms with Crippen molar-refractivity contribution in [1.29, 1.82) is 0 Å². The molecule has 0 spiro atoms. The Morgan fingerprint density at radius 2 is 2.22 bits per heavy atom. The predicted molar refractivity (Wildman–Crippen MR) is 38.2 cm³/mol. The Morgan fingerprint density at radius 1 is 1.56 bits per heavy atom. The molecular weight excluding hydrogens is 112 g/mol. The highest BCUT2D eigenvalue weighted by Crippen LogP contribution is 2.35. The summed E-state index contributed by atoms with van der Waals surface area (Å²) in [6.07, 6.45) is 6.94. The molecule has 1 N–H and O–H groups in total. The predicted octanol–water partition coefficient (Wildman–Crippen LogP) is 1.87. The SMILES string of the molecule is C=CCCC1(O)CCC1. The normalized spacial score (nSPS) is 22.8. The standard InChI is InChI=1S/C8H14O/c1-2-3-5-8(9)6-4-7-8/h2,9H,1,3-7H2. The molecule has 0 aromatic heterocycles. The maximum absolute atomic E-state index is 9.49. The van der Waals surface area contributed by atoms with Crippen LogP contribution in [0.5, 0.6) is 0 Å². The molecule has 0 atom stereocenters.